The Hall–Kier alpha value is -1.20. The zero-order valence-electron chi connectivity index (χ0n) is 10.7. The molecule has 0 spiro atoms. The minimum atomic E-state index is -4.08. The second kappa shape index (κ2) is 5.84. The number of benzene rings is 1. The maximum atomic E-state index is 11.0. The summed E-state index contributed by atoms with van der Waals surface area (Å²) in [5, 5.41) is 0. The number of carbonyl (C=O) groups is 1. The zero-order valence-corrected chi connectivity index (χ0v) is 11.6. The van der Waals surface area contributed by atoms with E-state index in [9.17, 15) is 9.36 Å². The predicted octanol–water partition coefficient (Wildman–Crippen LogP) is 0.804. The summed E-state index contributed by atoms with van der Waals surface area (Å²) in [5.41, 5.74) is 11.7. The quantitative estimate of drug-likeness (QED) is 0.575. The average molecular weight is 286 g/mol. The van der Waals surface area contributed by atoms with Crippen LogP contribution in [0.2, 0.25) is 0 Å². The first-order chi connectivity index (χ1) is 8.66. The molecule has 1 aromatic carbocycles. The minimum Gasteiger partial charge on any atom is -0.370 e. The number of hydrogen-bond donors (Lipinski definition) is 4. The number of amides is 1. The Balaban J connectivity index is 2.96. The minimum absolute atomic E-state index is 0.0291. The van der Waals surface area contributed by atoms with Crippen LogP contribution >= 0.6 is 7.60 Å². The lowest BCUT2D eigenvalue weighted by molar-refractivity contribution is -0.119. The lowest BCUT2D eigenvalue weighted by atomic mass is 9.84. The van der Waals surface area contributed by atoms with Gasteiger partial charge in [-0.25, -0.2) is 0 Å². The summed E-state index contributed by atoms with van der Waals surface area (Å²) in [6.45, 7) is 1.85. The third-order valence-corrected chi connectivity index (χ3v) is 3.82. The Kier molecular flexibility index (Phi) is 4.87. The molecular weight excluding hydrogens is 267 g/mol. The molecular formula is C12H19N2O4P. The highest BCUT2D eigenvalue weighted by atomic mass is 31.2. The summed E-state index contributed by atoms with van der Waals surface area (Å²) in [6, 6.07) is 6.56. The van der Waals surface area contributed by atoms with Crippen molar-refractivity contribution in [3.63, 3.8) is 0 Å². The summed E-state index contributed by atoms with van der Waals surface area (Å²) in [6.07, 6.45) is 0.252. The van der Waals surface area contributed by atoms with Crippen molar-refractivity contribution >= 4 is 13.5 Å². The SMILES string of the molecule is CCC(N)(CC(N)=O)c1ccc(CP(=O)(O)O)cc1. The fraction of sp³-hybridized carbons (Fsp3) is 0.417. The van der Waals surface area contributed by atoms with E-state index < -0.39 is 19.0 Å². The van der Waals surface area contributed by atoms with E-state index >= 15 is 0 Å². The van der Waals surface area contributed by atoms with Gasteiger partial charge in [-0.3, -0.25) is 9.36 Å². The van der Waals surface area contributed by atoms with Crippen molar-refractivity contribution in [3.05, 3.63) is 35.4 Å². The van der Waals surface area contributed by atoms with Gasteiger partial charge in [0.15, 0.2) is 0 Å². The van der Waals surface area contributed by atoms with E-state index in [4.69, 9.17) is 21.3 Å². The van der Waals surface area contributed by atoms with Gasteiger partial charge in [-0.15, -0.1) is 0 Å². The van der Waals surface area contributed by atoms with Gasteiger partial charge in [0.05, 0.1) is 6.16 Å². The van der Waals surface area contributed by atoms with E-state index in [1.165, 1.54) is 0 Å². The third-order valence-electron chi connectivity index (χ3n) is 3.04. The molecule has 7 heteroatoms. The molecule has 6 N–H and O–H groups in total. The van der Waals surface area contributed by atoms with Crippen molar-refractivity contribution in [2.45, 2.75) is 31.5 Å². The van der Waals surface area contributed by atoms with Crippen molar-refractivity contribution < 1.29 is 19.1 Å². The molecule has 0 saturated heterocycles. The van der Waals surface area contributed by atoms with Gasteiger partial charge in [0.2, 0.25) is 5.91 Å². The zero-order chi connectivity index (χ0) is 14.7. The first-order valence-corrected chi connectivity index (χ1v) is 7.67. The summed E-state index contributed by atoms with van der Waals surface area (Å²) < 4.78 is 10.9. The highest BCUT2D eigenvalue weighted by molar-refractivity contribution is 7.50. The van der Waals surface area contributed by atoms with Crippen LogP contribution in [0.1, 0.15) is 30.9 Å². The van der Waals surface area contributed by atoms with Crippen LogP contribution in [-0.4, -0.2) is 15.7 Å². The van der Waals surface area contributed by atoms with Crippen molar-refractivity contribution in [3.8, 4) is 0 Å². The van der Waals surface area contributed by atoms with Gasteiger partial charge in [-0.2, -0.15) is 0 Å². The summed E-state index contributed by atoms with van der Waals surface area (Å²) in [7, 11) is -4.08. The van der Waals surface area contributed by atoms with E-state index in [1.807, 2.05) is 6.92 Å². The molecule has 1 aromatic rings. The fourth-order valence-corrected chi connectivity index (χ4v) is 2.61. The Labute approximate surface area is 112 Å². The van der Waals surface area contributed by atoms with Gasteiger partial charge in [0, 0.05) is 12.0 Å². The fourth-order valence-electron chi connectivity index (χ4n) is 1.92. The molecule has 0 aliphatic heterocycles. The van der Waals surface area contributed by atoms with Crippen molar-refractivity contribution in [1.82, 2.24) is 0 Å². The summed E-state index contributed by atoms with van der Waals surface area (Å²) >= 11 is 0. The van der Waals surface area contributed by atoms with E-state index in [0.717, 1.165) is 5.56 Å². The first kappa shape index (κ1) is 15.9. The molecule has 0 aliphatic carbocycles. The van der Waals surface area contributed by atoms with Gasteiger partial charge < -0.3 is 21.3 Å². The summed E-state index contributed by atoms with van der Waals surface area (Å²) in [5.74, 6) is -0.483. The van der Waals surface area contributed by atoms with E-state index in [-0.39, 0.29) is 12.6 Å². The molecule has 1 atom stereocenters. The molecule has 0 fully saturated rings. The largest absolute Gasteiger partial charge is 0.370 e. The molecule has 0 radical (unpaired) electrons. The van der Waals surface area contributed by atoms with E-state index in [1.54, 1.807) is 24.3 Å². The molecule has 1 rings (SSSR count). The van der Waals surface area contributed by atoms with Gasteiger partial charge >= 0.3 is 7.60 Å². The Morgan fingerprint density at radius 1 is 1.32 bits per heavy atom. The lowest BCUT2D eigenvalue weighted by Gasteiger charge is -2.27. The van der Waals surface area contributed by atoms with Crippen LogP contribution in [-0.2, 0) is 21.1 Å². The molecule has 6 nitrogen and oxygen atoms in total. The van der Waals surface area contributed by atoms with Crippen LogP contribution < -0.4 is 11.5 Å². The highest BCUT2D eigenvalue weighted by Crippen LogP contribution is 2.39. The third kappa shape index (κ3) is 4.76. The smallest absolute Gasteiger partial charge is 0.329 e. The van der Waals surface area contributed by atoms with Crippen LogP contribution in [0.5, 0.6) is 0 Å². The van der Waals surface area contributed by atoms with E-state index in [0.29, 0.717) is 12.0 Å². The van der Waals surface area contributed by atoms with Crippen molar-refractivity contribution in [2.24, 2.45) is 11.5 Å². The van der Waals surface area contributed by atoms with Crippen LogP contribution in [0.3, 0.4) is 0 Å². The summed E-state index contributed by atoms with van der Waals surface area (Å²) in [4.78, 5) is 28.8. The Morgan fingerprint density at radius 2 is 1.84 bits per heavy atom. The lowest BCUT2D eigenvalue weighted by Crippen LogP contribution is -2.40. The molecule has 106 valence electrons. The molecule has 0 saturated carbocycles. The molecule has 0 bridgehead atoms. The Bertz CT molecular complexity index is 497. The number of nitrogens with two attached hydrogens (primary N) is 2. The van der Waals surface area contributed by atoms with Crippen LogP contribution in [0.15, 0.2) is 24.3 Å². The van der Waals surface area contributed by atoms with Crippen molar-refractivity contribution in [2.75, 3.05) is 0 Å². The molecule has 0 aliphatic rings. The monoisotopic (exact) mass is 286 g/mol. The molecule has 19 heavy (non-hydrogen) atoms. The maximum absolute atomic E-state index is 11.0. The van der Waals surface area contributed by atoms with E-state index in [2.05, 4.69) is 0 Å². The first-order valence-electron chi connectivity index (χ1n) is 5.87. The van der Waals surface area contributed by atoms with Gasteiger partial charge in [0.1, 0.15) is 0 Å². The number of carbonyl (C=O) groups excluding carboxylic acids is 1. The Morgan fingerprint density at radius 3 is 2.21 bits per heavy atom. The molecule has 0 heterocycles. The normalized spacial score (nSPS) is 14.9. The number of primary amides is 1. The number of hydrogen-bond acceptors (Lipinski definition) is 3. The highest BCUT2D eigenvalue weighted by Gasteiger charge is 2.27. The topological polar surface area (TPSA) is 127 Å². The second-order valence-electron chi connectivity index (χ2n) is 4.67. The second-order valence-corrected chi connectivity index (χ2v) is 6.32. The standard InChI is InChI=1S/C12H19N2O4P/c1-2-12(14,7-11(13)15)10-5-3-9(4-6-10)8-19(16,17)18/h3-6H,2,7-8,14H2,1H3,(H2,13,15)(H2,16,17,18). The van der Waals surface area contributed by atoms with Gasteiger partial charge in [-0.05, 0) is 17.5 Å². The number of rotatable bonds is 6. The average Bonchev–Trinajstić information content (AvgIpc) is 2.26. The van der Waals surface area contributed by atoms with Crippen LogP contribution in [0.25, 0.3) is 0 Å². The maximum Gasteiger partial charge on any atom is 0.329 e. The van der Waals surface area contributed by atoms with Crippen molar-refractivity contribution in [1.29, 1.82) is 0 Å². The van der Waals surface area contributed by atoms with Crippen LogP contribution in [0.4, 0.5) is 0 Å². The molecule has 0 aromatic heterocycles. The molecule has 1 unspecified atom stereocenters. The van der Waals surface area contributed by atoms with Gasteiger partial charge in [0.25, 0.3) is 0 Å². The van der Waals surface area contributed by atoms with Crippen LogP contribution in [0, 0.1) is 0 Å². The van der Waals surface area contributed by atoms with Gasteiger partial charge in [-0.1, -0.05) is 31.2 Å². The molecule has 1 amide bonds. The predicted molar refractivity (Wildman–Crippen MR) is 72.2 cm³/mol.